The highest BCUT2D eigenvalue weighted by Crippen LogP contribution is 2.28. The number of hydrogen-bond acceptors (Lipinski definition) is 5. The molecule has 1 aliphatic rings. The number of ether oxygens (including phenoxy) is 1. The molecule has 1 N–H and O–H groups in total. The van der Waals surface area contributed by atoms with Crippen molar-refractivity contribution in [2.75, 3.05) is 18.4 Å². The summed E-state index contributed by atoms with van der Waals surface area (Å²) in [6, 6.07) is 9.58. The fraction of sp³-hybridized carbons (Fsp3) is 0.304. The predicted molar refractivity (Wildman–Crippen MR) is 124 cm³/mol. The van der Waals surface area contributed by atoms with Gasteiger partial charge in [-0.2, -0.15) is 4.31 Å². The largest absolute Gasteiger partial charge is 0.449 e. The zero-order valence-corrected chi connectivity index (χ0v) is 19.5. The standard InChI is InChI=1S/C23H24ClFN2O5S/c1-16(32-22(28)12-7-17-5-8-18(25)9-6-17)23(29)26-21-15-19(10-11-20(21)24)33(30,31)27-13-3-2-4-14-27/h5-12,15-16H,2-4,13-14H2,1H3,(H,26,29)/b12-7+. The molecule has 1 unspecified atom stereocenters. The first-order valence-corrected chi connectivity index (χ1v) is 12.2. The molecule has 0 aromatic heterocycles. The number of nitrogens with one attached hydrogen (secondary N) is 1. The monoisotopic (exact) mass is 494 g/mol. The Morgan fingerprint density at radius 3 is 2.45 bits per heavy atom. The first-order chi connectivity index (χ1) is 15.7. The molecule has 1 heterocycles. The Kier molecular flexibility index (Phi) is 8.23. The van der Waals surface area contributed by atoms with Crippen LogP contribution in [0.2, 0.25) is 5.02 Å². The van der Waals surface area contributed by atoms with Crippen molar-refractivity contribution in [2.24, 2.45) is 0 Å². The average molecular weight is 495 g/mol. The highest BCUT2D eigenvalue weighted by atomic mass is 35.5. The summed E-state index contributed by atoms with van der Waals surface area (Å²) < 4.78 is 45.2. The molecule has 0 bridgehead atoms. The van der Waals surface area contributed by atoms with Gasteiger partial charge in [0.05, 0.1) is 15.6 Å². The smallest absolute Gasteiger partial charge is 0.331 e. The zero-order chi connectivity index (χ0) is 24.0. The van der Waals surface area contributed by atoms with Crippen molar-refractivity contribution in [3.05, 3.63) is 64.9 Å². The number of rotatable bonds is 7. The Balaban J connectivity index is 1.64. The minimum Gasteiger partial charge on any atom is -0.449 e. The third-order valence-electron chi connectivity index (χ3n) is 5.09. The molecule has 1 atom stereocenters. The summed E-state index contributed by atoms with van der Waals surface area (Å²) in [5, 5.41) is 2.66. The van der Waals surface area contributed by atoms with E-state index in [9.17, 15) is 22.4 Å². The summed E-state index contributed by atoms with van der Waals surface area (Å²) in [6.45, 7) is 2.28. The van der Waals surface area contributed by atoms with Gasteiger partial charge >= 0.3 is 5.97 Å². The molecule has 2 aromatic rings. The fourth-order valence-corrected chi connectivity index (χ4v) is 4.96. The average Bonchev–Trinajstić information content (AvgIpc) is 2.80. The van der Waals surface area contributed by atoms with Crippen LogP contribution in [-0.2, 0) is 24.3 Å². The number of piperidine rings is 1. The first-order valence-electron chi connectivity index (χ1n) is 10.4. The number of benzene rings is 2. The lowest BCUT2D eigenvalue weighted by atomic mass is 10.2. The Hall–Kier alpha value is -2.75. The highest BCUT2D eigenvalue weighted by molar-refractivity contribution is 7.89. The molecule has 7 nitrogen and oxygen atoms in total. The van der Waals surface area contributed by atoms with Gasteiger partial charge in [0.1, 0.15) is 5.82 Å². The second kappa shape index (κ2) is 10.9. The van der Waals surface area contributed by atoms with E-state index in [1.165, 1.54) is 59.8 Å². The summed E-state index contributed by atoms with van der Waals surface area (Å²) in [4.78, 5) is 24.5. The molecular formula is C23H24ClFN2O5S. The number of esters is 1. The molecule has 3 rings (SSSR count). The summed E-state index contributed by atoms with van der Waals surface area (Å²) in [5.74, 6) is -1.84. The van der Waals surface area contributed by atoms with Crippen molar-refractivity contribution in [3.63, 3.8) is 0 Å². The molecule has 0 spiro atoms. The third kappa shape index (κ3) is 6.63. The second-order valence-corrected chi connectivity index (χ2v) is 9.90. The molecule has 0 saturated carbocycles. The maximum absolute atomic E-state index is 12.9. The van der Waals surface area contributed by atoms with Gasteiger partial charge in [0.2, 0.25) is 10.0 Å². The molecule has 0 radical (unpaired) electrons. The van der Waals surface area contributed by atoms with Crippen LogP contribution in [0.5, 0.6) is 0 Å². The lowest BCUT2D eigenvalue weighted by Crippen LogP contribution is -2.35. The topological polar surface area (TPSA) is 92.8 Å². The summed E-state index contributed by atoms with van der Waals surface area (Å²) in [6.07, 6.45) is 3.97. The van der Waals surface area contributed by atoms with E-state index in [-0.39, 0.29) is 15.6 Å². The highest BCUT2D eigenvalue weighted by Gasteiger charge is 2.27. The van der Waals surface area contributed by atoms with Crippen LogP contribution >= 0.6 is 11.6 Å². The quantitative estimate of drug-likeness (QED) is 0.459. The molecule has 1 aliphatic heterocycles. The Morgan fingerprint density at radius 2 is 1.79 bits per heavy atom. The van der Waals surface area contributed by atoms with E-state index in [0.717, 1.165) is 25.3 Å². The number of nitrogens with zero attached hydrogens (tertiary/aromatic N) is 1. The van der Waals surface area contributed by atoms with Gasteiger partial charge in [-0.05, 0) is 61.7 Å². The molecular weight excluding hydrogens is 471 g/mol. The van der Waals surface area contributed by atoms with Crippen LogP contribution in [-0.4, -0.2) is 43.8 Å². The van der Waals surface area contributed by atoms with Crippen LogP contribution in [0.25, 0.3) is 6.08 Å². The molecule has 1 saturated heterocycles. The van der Waals surface area contributed by atoms with Gasteiger partial charge in [0, 0.05) is 19.2 Å². The van der Waals surface area contributed by atoms with E-state index in [1.54, 1.807) is 0 Å². The normalized spacial score (nSPS) is 15.8. The lowest BCUT2D eigenvalue weighted by Gasteiger charge is -2.26. The minimum atomic E-state index is -3.71. The third-order valence-corrected chi connectivity index (χ3v) is 7.32. The van der Waals surface area contributed by atoms with Crippen molar-refractivity contribution >= 4 is 45.3 Å². The van der Waals surface area contributed by atoms with E-state index < -0.39 is 33.8 Å². The first kappa shape index (κ1) is 24.9. The van der Waals surface area contributed by atoms with Crippen LogP contribution < -0.4 is 5.32 Å². The SMILES string of the molecule is CC(OC(=O)/C=C/c1ccc(F)cc1)C(=O)Nc1cc(S(=O)(=O)N2CCCCC2)ccc1Cl. The molecule has 33 heavy (non-hydrogen) atoms. The van der Waals surface area contributed by atoms with Crippen LogP contribution in [0.3, 0.4) is 0 Å². The number of halogens is 2. The number of amides is 1. The minimum absolute atomic E-state index is 0.0241. The lowest BCUT2D eigenvalue weighted by molar-refractivity contribution is -0.148. The zero-order valence-electron chi connectivity index (χ0n) is 18.0. The van der Waals surface area contributed by atoms with E-state index in [1.807, 2.05) is 0 Å². The van der Waals surface area contributed by atoms with Gasteiger partial charge in [-0.3, -0.25) is 4.79 Å². The van der Waals surface area contributed by atoms with E-state index in [4.69, 9.17) is 16.3 Å². The Bertz CT molecular complexity index is 1150. The molecule has 0 aliphatic carbocycles. The Labute approximate surface area is 197 Å². The number of sulfonamides is 1. The van der Waals surface area contributed by atoms with Crippen molar-refractivity contribution in [3.8, 4) is 0 Å². The number of hydrogen-bond donors (Lipinski definition) is 1. The maximum Gasteiger partial charge on any atom is 0.331 e. The molecule has 2 aromatic carbocycles. The maximum atomic E-state index is 12.9. The molecule has 1 fully saturated rings. The predicted octanol–water partition coefficient (Wildman–Crippen LogP) is 4.24. The fourth-order valence-electron chi connectivity index (χ4n) is 3.25. The summed E-state index contributed by atoms with van der Waals surface area (Å²) in [7, 11) is -3.71. The van der Waals surface area contributed by atoms with Gasteiger partial charge in [0.15, 0.2) is 6.10 Å². The van der Waals surface area contributed by atoms with Crippen LogP contribution in [0, 0.1) is 5.82 Å². The number of carbonyl (C=O) groups is 2. The van der Waals surface area contributed by atoms with Crippen molar-refractivity contribution in [1.82, 2.24) is 4.31 Å². The van der Waals surface area contributed by atoms with Crippen LogP contribution in [0.15, 0.2) is 53.4 Å². The van der Waals surface area contributed by atoms with Crippen molar-refractivity contribution < 1.29 is 27.1 Å². The number of anilines is 1. The van der Waals surface area contributed by atoms with E-state index >= 15 is 0 Å². The summed E-state index contributed by atoms with van der Waals surface area (Å²) in [5.41, 5.74) is 0.688. The van der Waals surface area contributed by atoms with Crippen molar-refractivity contribution in [2.45, 2.75) is 37.2 Å². The summed E-state index contributed by atoms with van der Waals surface area (Å²) >= 11 is 6.15. The molecule has 10 heteroatoms. The second-order valence-electron chi connectivity index (χ2n) is 7.56. The van der Waals surface area contributed by atoms with Gasteiger partial charge < -0.3 is 10.1 Å². The van der Waals surface area contributed by atoms with Gasteiger partial charge in [-0.15, -0.1) is 0 Å². The van der Waals surface area contributed by atoms with Crippen molar-refractivity contribution in [1.29, 1.82) is 0 Å². The number of carbonyl (C=O) groups excluding carboxylic acids is 2. The molecule has 176 valence electrons. The van der Waals surface area contributed by atoms with Gasteiger partial charge in [-0.1, -0.05) is 30.2 Å². The van der Waals surface area contributed by atoms with Crippen LogP contribution in [0.4, 0.5) is 10.1 Å². The van der Waals surface area contributed by atoms with Gasteiger partial charge in [0.25, 0.3) is 5.91 Å². The van der Waals surface area contributed by atoms with E-state index in [0.29, 0.717) is 18.7 Å². The van der Waals surface area contributed by atoms with E-state index in [2.05, 4.69) is 5.32 Å². The van der Waals surface area contributed by atoms with Crippen LogP contribution in [0.1, 0.15) is 31.7 Å². The van der Waals surface area contributed by atoms with Gasteiger partial charge in [-0.25, -0.2) is 17.6 Å². The molecule has 1 amide bonds. The Morgan fingerprint density at radius 1 is 1.12 bits per heavy atom.